The molecule has 0 aromatic heterocycles. The van der Waals surface area contributed by atoms with Crippen molar-refractivity contribution in [1.29, 1.82) is 15.8 Å². The van der Waals surface area contributed by atoms with Crippen LogP contribution >= 0.6 is 15.9 Å². The predicted octanol–water partition coefficient (Wildman–Crippen LogP) is 4.04. The largest absolute Gasteiger partial charge is 0.399 e. The molecule has 2 atom stereocenters. The van der Waals surface area contributed by atoms with E-state index in [0.29, 0.717) is 5.57 Å². The third-order valence-corrected chi connectivity index (χ3v) is 5.56. The van der Waals surface area contributed by atoms with Crippen molar-refractivity contribution in [3.63, 3.8) is 0 Å². The maximum absolute atomic E-state index is 9.88. The molecular formula is C19H15BrN4. The number of fused-ring (bicyclic) bond motifs is 1. The molecule has 0 heterocycles. The molecule has 1 aromatic rings. The Kier molecular flexibility index (Phi) is 4.18. The number of hydrogen-bond acceptors (Lipinski definition) is 4. The highest BCUT2D eigenvalue weighted by molar-refractivity contribution is 9.10. The smallest absolute Gasteiger partial charge is 0.191 e. The highest BCUT2D eigenvalue weighted by atomic mass is 79.9. The monoisotopic (exact) mass is 378 g/mol. The van der Waals surface area contributed by atoms with E-state index in [1.54, 1.807) is 0 Å². The molecule has 0 bridgehead atoms. The number of nitrogens with zero attached hydrogens (tertiary/aromatic N) is 3. The number of benzene rings is 1. The van der Waals surface area contributed by atoms with Crippen LogP contribution in [-0.4, -0.2) is 0 Å². The van der Waals surface area contributed by atoms with Crippen LogP contribution in [0.4, 0.5) is 0 Å². The average Bonchev–Trinajstić information content (AvgIpc) is 2.62. The van der Waals surface area contributed by atoms with E-state index in [0.717, 1.165) is 34.9 Å². The Morgan fingerprint density at radius 2 is 1.79 bits per heavy atom. The lowest BCUT2D eigenvalue weighted by molar-refractivity contribution is 0.317. The summed E-state index contributed by atoms with van der Waals surface area (Å²) in [7, 11) is 0. The van der Waals surface area contributed by atoms with E-state index in [9.17, 15) is 15.8 Å². The molecule has 1 aromatic carbocycles. The fourth-order valence-corrected chi connectivity index (χ4v) is 4.18. The summed E-state index contributed by atoms with van der Waals surface area (Å²) in [5, 5.41) is 29.3. The summed E-state index contributed by atoms with van der Waals surface area (Å²) < 4.78 is 0.933. The lowest BCUT2D eigenvalue weighted by Gasteiger charge is -2.43. The van der Waals surface area contributed by atoms with Gasteiger partial charge in [0.05, 0.1) is 23.4 Å². The molecule has 5 heteroatoms. The number of hydrogen-bond donors (Lipinski definition) is 1. The van der Waals surface area contributed by atoms with Crippen LogP contribution in [0.1, 0.15) is 30.7 Å². The number of nitriles is 3. The van der Waals surface area contributed by atoms with Crippen LogP contribution in [0.25, 0.3) is 0 Å². The first-order valence-electron chi connectivity index (χ1n) is 7.77. The van der Waals surface area contributed by atoms with Crippen LogP contribution in [0.5, 0.6) is 0 Å². The van der Waals surface area contributed by atoms with Crippen molar-refractivity contribution in [1.82, 2.24) is 0 Å². The molecule has 118 valence electrons. The molecule has 0 saturated heterocycles. The number of rotatable bonds is 1. The van der Waals surface area contributed by atoms with Crippen LogP contribution in [0.15, 0.2) is 51.7 Å². The number of halogens is 1. The molecule has 0 saturated carbocycles. The molecule has 2 aliphatic carbocycles. The van der Waals surface area contributed by atoms with Crippen LogP contribution in [0, 0.1) is 45.3 Å². The van der Waals surface area contributed by atoms with E-state index in [1.807, 2.05) is 30.3 Å². The Balaban J connectivity index is 2.31. The number of allylic oxidation sites excluding steroid dienone is 4. The fourth-order valence-electron chi connectivity index (χ4n) is 3.92. The third-order valence-electron chi connectivity index (χ3n) is 5.03. The zero-order valence-electron chi connectivity index (χ0n) is 13.0. The van der Waals surface area contributed by atoms with Gasteiger partial charge in [0, 0.05) is 10.4 Å². The molecule has 3 rings (SSSR count). The standard InChI is InChI=1S/C19H15BrN4/c20-13-7-5-12(6-8-13)17-15-4-2-1-3-14(15)16(9-21)18(24)19(17,10-22)11-23/h3,5-8,15,17H,1-2,4,24H2. The van der Waals surface area contributed by atoms with E-state index in [1.165, 1.54) is 0 Å². The molecule has 24 heavy (non-hydrogen) atoms. The molecule has 0 amide bonds. The average molecular weight is 379 g/mol. The van der Waals surface area contributed by atoms with E-state index < -0.39 is 5.41 Å². The summed E-state index contributed by atoms with van der Waals surface area (Å²) in [4.78, 5) is 0. The highest BCUT2D eigenvalue weighted by Crippen LogP contribution is 2.55. The predicted molar refractivity (Wildman–Crippen MR) is 92.8 cm³/mol. The zero-order valence-corrected chi connectivity index (χ0v) is 14.5. The van der Waals surface area contributed by atoms with E-state index in [2.05, 4.69) is 34.1 Å². The summed E-state index contributed by atoms with van der Waals surface area (Å²) in [6.07, 6.45) is 4.76. The van der Waals surface area contributed by atoms with Gasteiger partial charge in [0.2, 0.25) is 0 Å². The van der Waals surface area contributed by atoms with Crippen LogP contribution in [0.3, 0.4) is 0 Å². The van der Waals surface area contributed by atoms with Gasteiger partial charge < -0.3 is 5.73 Å². The molecule has 0 radical (unpaired) electrons. The van der Waals surface area contributed by atoms with Crippen LogP contribution in [-0.2, 0) is 0 Å². The van der Waals surface area contributed by atoms with Crippen LogP contribution < -0.4 is 5.73 Å². The van der Waals surface area contributed by atoms with Gasteiger partial charge in [0.15, 0.2) is 5.41 Å². The minimum absolute atomic E-state index is 0.0406. The molecule has 2 aliphatic rings. The quantitative estimate of drug-likeness (QED) is 0.796. The van der Waals surface area contributed by atoms with Gasteiger partial charge in [-0.2, -0.15) is 15.8 Å². The second kappa shape index (κ2) is 6.16. The van der Waals surface area contributed by atoms with Crippen molar-refractivity contribution in [2.24, 2.45) is 17.1 Å². The summed E-state index contributed by atoms with van der Waals surface area (Å²) in [5.74, 6) is -0.412. The molecule has 2 N–H and O–H groups in total. The van der Waals surface area contributed by atoms with Gasteiger partial charge in [-0.25, -0.2) is 0 Å². The van der Waals surface area contributed by atoms with Crippen molar-refractivity contribution in [2.75, 3.05) is 0 Å². The Morgan fingerprint density at radius 3 is 2.38 bits per heavy atom. The lowest BCUT2D eigenvalue weighted by Crippen LogP contribution is -2.42. The summed E-state index contributed by atoms with van der Waals surface area (Å²) >= 11 is 3.42. The Labute approximate surface area is 149 Å². The van der Waals surface area contributed by atoms with E-state index >= 15 is 0 Å². The second-order valence-electron chi connectivity index (χ2n) is 6.16. The van der Waals surface area contributed by atoms with Gasteiger partial charge in [0.25, 0.3) is 0 Å². The van der Waals surface area contributed by atoms with Crippen molar-refractivity contribution in [3.05, 3.63) is 57.2 Å². The van der Waals surface area contributed by atoms with E-state index in [4.69, 9.17) is 5.73 Å². The Bertz CT molecular complexity index is 845. The van der Waals surface area contributed by atoms with Gasteiger partial charge in [-0.15, -0.1) is 0 Å². The fraction of sp³-hybridized carbons (Fsp3) is 0.316. The van der Waals surface area contributed by atoms with E-state index in [-0.39, 0.29) is 17.5 Å². The maximum atomic E-state index is 9.88. The molecule has 0 aliphatic heterocycles. The van der Waals surface area contributed by atoms with Crippen molar-refractivity contribution >= 4 is 15.9 Å². The summed E-state index contributed by atoms with van der Waals surface area (Å²) in [6.45, 7) is 0. The molecular weight excluding hydrogens is 364 g/mol. The topological polar surface area (TPSA) is 97.4 Å². The number of nitrogens with two attached hydrogens (primary N) is 1. The maximum Gasteiger partial charge on any atom is 0.191 e. The van der Waals surface area contributed by atoms with Gasteiger partial charge in [-0.1, -0.05) is 34.1 Å². The Hall–Kier alpha value is -2.55. The molecule has 4 nitrogen and oxygen atoms in total. The molecule has 0 spiro atoms. The van der Waals surface area contributed by atoms with Crippen molar-refractivity contribution < 1.29 is 0 Å². The van der Waals surface area contributed by atoms with Gasteiger partial charge in [0.1, 0.15) is 6.07 Å². The minimum Gasteiger partial charge on any atom is -0.399 e. The first-order valence-corrected chi connectivity index (χ1v) is 8.57. The van der Waals surface area contributed by atoms with Gasteiger partial charge in [-0.05, 0) is 48.4 Å². The summed E-state index contributed by atoms with van der Waals surface area (Å²) in [5.41, 5.74) is 6.91. The van der Waals surface area contributed by atoms with Crippen molar-refractivity contribution in [2.45, 2.75) is 25.2 Å². The van der Waals surface area contributed by atoms with Crippen LogP contribution in [0.2, 0.25) is 0 Å². The third kappa shape index (κ3) is 2.23. The highest BCUT2D eigenvalue weighted by Gasteiger charge is 2.53. The zero-order chi connectivity index (χ0) is 17.3. The summed E-state index contributed by atoms with van der Waals surface area (Å²) in [6, 6.07) is 14.1. The second-order valence-corrected chi connectivity index (χ2v) is 7.07. The Morgan fingerprint density at radius 1 is 1.12 bits per heavy atom. The SMILES string of the molecule is N#CC1=C(N)C(C#N)(C#N)C(c2ccc(Br)cc2)C2CCCC=C12. The normalized spacial score (nSPS) is 24.8. The first-order chi connectivity index (χ1) is 11.6. The van der Waals surface area contributed by atoms with Crippen molar-refractivity contribution in [3.8, 4) is 18.2 Å². The molecule has 2 unspecified atom stereocenters. The lowest BCUT2D eigenvalue weighted by atomic mass is 9.57. The first kappa shape index (κ1) is 16.3. The van der Waals surface area contributed by atoms with Gasteiger partial charge in [-0.3, -0.25) is 0 Å². The minimum atomic E-state index is -1.52. The molecule has 0 fully saturated rings. The van der Waals surface area contributed by atoms with Gasteiger partial charge >= 0.3 is 0 Å².